The molecule has 0 aliphatic heterocycles. The Labute approximate surface area is 206 Å². The van der Waals surface area contributed by atoms with Crippen molar-refractivity contribution in [3.63, 3.8) is 0 Å². The van der Waals surface area contributed by atoms with Gasteiger partial charge in [-0.25, -0.2) is 9.67 Å². The fourth-order valence-corrected chi connectivity index (χ4v) is 4.03. The first-order valence-electron chi connectivity index (χ1n) is 10.9. The molecule has 1 atom stereocenters. The zero-order valence-corrected chi connectivity index (χ0v) is 19.8. The van der Waals surface area contributed by atoms with E-state index in [4.69, 9.17) is 20.8 Å². The van der Waals surface area contributed by atoms with Gasteiger partial charge in [-0.3, -0.25) is 4.79 Å². The predicted molar refractivity (Wildman–Crippen MR) is 132 cm³/mol. The molecule has 9 heteroatoms. The first-order chi connectivity index (χ1) is 17.0. The number of ether oxygens (including phenoxy) is 1. The SMILES string of the molecule is COc1ccc(C(NC(=O)c2cc(-c3ccco3)n(-c3cccc(Cl)c3)n2)c2nccn2C)cc1. The van der Waals surface area contributed by atoms with Gasteiger partial charge in [0.15, 0.2) is 11.5 Å². The number of amides is 1. The van der Waals surface area contributed by atoms with Gasteiger partial charge in [0.1, 0.15) is 23.3 Å². The van der Waals surface area contributed by atoms with Crippen molar-refractivity contribution in [3.05, 3.63) is 107 Å². The van der Waals surface area contributed by atoms with Crippen LogP contribution in [0.15, 0.2) is 89.8 Å². The maximum Gasteiger partial charge on any atom is 0.272 e. The number of carbonyl (C=O) groups is 1. The second-order valence-electron chi connectivity index (χ2n) is 7.86. The number of furan rings is 1. The summed E-state index contributed by atoms with van der Waals surface area (Å²) >= 11 is 6.21. The highest BCUT2D eigenvalue weighted by atomic mass is 35.5. The van der Waals surface area contributed by atoms with Crippen molar-refractivity contribution in [2.24, 2.45) is 7.05 Å². The second-order valence-corrected chi connectivity index (χ2v) is 8.30. The van der Waals surface area contributed by atoms with E-state index in [0.717, 1.165) is 11.3 Å². The maximum absolute atomic E-state index is 13.5. The average Bonchev–Trinajstić information content (AvgIpc) is 3.63. The number of imidazole rings is 1. The molecule has 1 N–H and O–H groups in total. The monoisotopic (exact) mass is 487 g/mol. The molecule has 35 heavy (non-hydrogen) atoms. The molecule has 0 aliphatic rings. The molecular formula is C26H22ClN5O3. The van der Waals surface area contributed by atoms with Gasteiger partial charge in [-0.1, -0.05) is 29.8 Å². The molecule has 1 amide bonds. The van der Waals surface area contributed by atoms with Crippen molar-refractivity contribution in [3.8, 4) is 22.9 Å². The molecule has 8 nitrogen and oxygen atoms in total. The molecule has 0 bridgehead atoms. The second kappa shape index (κ2) is 9.52. The number of aryl methyl sites for hydroxylation is 1. The van der Waals surface area contributed by atoms with Gasteiger partial charge in [-0.2, -0.15) is 5.10 Å². The topological polar surface area (TPSA) is 87.1 Å². The van der Waals surface area contributed by atoms with E-state index in [1.54, 1.807) is 48.5 Å². The molecule has 5 rings (SSSR count). The molecule has 2 aromatic carbocycles. The van der Waals surface area contributed by atoms with Crippen molar-refractivity contribution in [2.45, 2.75) is 6.04 Å². The summed E-state index contributed by atoms with van der Waals surface area (Å²) in [6, 6.07) is 19.5. The zero-order valence-electron chi connectivity index (χ0n) is 19.1. The smallest absolute Gasteiger partial charge is 0.272 e. The number of hydrogen-bond donors (Lipinski definition) is 1. The molecule has 3 heterocycles. The molecule has 0 saturated heterocycles. The number of halogens is 1. The quantitative estimate of drug-likeness (QED) is 0.347. The lowest BCUT2D eigenvalue weighted by atomic mass is 10.1. The van der Waals surface area contributed by atoms with E-state index in [1.807, 2.05) is 60.3 Å². The third-order valence-electron chi connectivity index (χ3n) is 5.61. The highest BCUT2D eigenvalue weighted by Crippen LogP contribution is 2.27. The maximum atomic E-state index is 13.5. The van der Waals surface area contributed by atoms with E-state index >= 15 is 0 Å². The molecule has 0 saturated carbocycles. The van der Waals surface area contributed by atoms with Crippen molar-refractivity contribution in [1.29, 1.82) is 0 Å². The number of rotatable bonds is 7. The number of carbonyl (C=O) groups excluding carboxylic acids is 1. The summed E-state index contributed by atoms with van der Waals surface area (Å²) in [5, 5.41) is 8.24. The minimum Gasteiger partial charge on any atom is -0.497 e. The van der Waals surface area contributed by atoms with E-state index < -0.39 is 6.04 Å². The predicted octanol–water partition coefficient (Wildman–Crippen LogP) is 5.05. The van der Waals surface area contributed by atoms with Crippen molar-refractivity contribution >= 4 is 17.5 Å². The van der Waals surface area contributed by atoms with Gasteiger partial charge in [-0.05, 0) is 48.0 Å². The Morgan fingerprint density at radius 1 is 1.11 bits per heavy atom. The van der Waals surface area contributed by atoms with Gasteiger partial charge in [0.05, 0.1) is 19.1 Å². The summed E-state index contributed by atoms with van der Waals surface area (Å²) in [5.74, 6) is 1.63. The number of aromatic nitrogens is 4. The lowest BCUT2D eigenvalue weighted by Gasteiger charge is -2.19. The van der Waals surface area contributed by atoms with Crippen LogP contribution in [0.1, 0.15) is 27.9 Å². The van der Waals surface area contributed by atoms with E-state index in [-0.39, 0.29) is 11.6 Å². The van der Waals surface area contributed by atoms with E-state index in [9.17, 15) is 4.79 Å². The average molecular weight is 488 g/mol. The normalized spacial score (nSPS) is 11.9. The summed E-state index contributed by atoms with van der Waals surface area (Å²) in [7, 11) is 3.49. The third-order valence-corrected chi connectivity index (χ3v) is 5.84. The van der Waals surface area contributed by atoms with Crippen LogP contribution in [-0.2, 0) is 7.05 Å². The van der Waals surface area contributed by atoms with Crippen LogP contribution in [-0.4, -0.2) is 32.3 Å². The molecule has 0 aliphatic carbocycles. The van der Waals surface area contributed by atoms with Crippen molar-refractivity contribution in [1.82, 2.24) is 24.6 Å². The highest BCUT2D eigenvalue weighted by molar-refractivity contribution is 6.30. The zero-order chi connectivity index (χ0) is 24.4. The van der Waals surface area contributed by atoms with Crippen LogP contribution in [0.3, 0.4) is 0 Å². The van der Waals surface area contributed by atoms with Crippen LogP contribution in [0.25, 0.3) is 17.1 Å². The van der Waals surface area contributed by atoms with Gasteiger partial charge in [0.25, 0.3) is 5.91 Å². The van der Waals surface area contributed by atoms with Gasteiger partial charge < -0.3 is 19.0 Å². The molecule has 5 aromatic rings. The molecular weight excluding hydrogens is 466 g/mol. The van der Waals surface area contributed by atoms with Crippen molar-refractivity contribution in [2.75, 3.05) is 7.11 Å². The first kappa shape index (κ1) is 22.5. The van der Waals surface area contributed by atoms with Crippen molar-refractivity contribution < 1.29 is 13.9 Å². The summed E-state index contributed by atoms with van der Waals surface area (Å²) in [6.07, 6.45) is 5.10. The molecule has 0 spiro atoms. The van der Waals surface area contributed by atoms with Crippen LogP contribution in [0, 0.1) is 0 Å². The number of nitrogens with one attached hydrogen (secondary N) is 1. The van der Waals surface area contributed by atoms with Crippen LogP contribution >= 0.6 is 11.6 Å². The summed E-state index contributed by atoms with van der Waals surface area (Å²) in [4.78, 5) is 18.0. The van der Waals surface area contributed by atoms with E-state index in [2.05, 4.69) is 15.4 Å². The van der Waals surface area contributed by atoms with E-state index in [0.29, 0.717) is 28.0 Å². The lowest BCUT2D eigenvalue weighted by Crippen LogP contribution is -2.31. The Kier molecular flexibility index (Phi) is 6.12. The fourth-order valence-electron chi connectivity index (χ4n) is 3.85. The summed E-state index contributed by atoms with van der Waals surface area (Å²) < 4.78 is 14.4. The Bertz CT molecular complexity index is 1450. The molecule has 3 aromatic heterocycles. The van der Waals surface area contributed by atoms with Crippen LogP contribution in [0.4, 0.5) is 0 Å². The first-order valence-corrected chi connectivity index (χ1v) is 11.2. The molecule has 0 radical (unpaired) electrons. The fraction of sp³-hybridized carbons (Fsp3) is 0.115. The van der Waals surface area contributed by atoms with Crippen LogP contribution < -0.4 is 10.1 Å². The highest BCUT2D eigenvalue weighted by Gasteiger charge is 2.25. The Morgan fingerprint density at radius 2 is 1.94 bits per heavy atom. The number of hydrogen-bond acceptors (Lipinski definition) is 5. The Balaban J connectivity index is 1.53. The van der Waals surface area contributed by atoms with Gasteiger partial charge in [-0.15, -0.1) is 0 Å². The largest absolute Gasteiger partial charge is 0.497 e. The van der Waals surface area contributed by atoms with Crippen LogP contribution in [0.5, 0.6) is 5.75 Å². The van der Waals surface area contributed by atoms with Gasteiger partial charge in [0.2, 0.25) is 0 Å². The van der Waals surface area contributed by atoms with Gasteiger partial charge in [0, 0.05) is 30.5 Å². The Morgan fingerprint density at radius 3 is 2.60 bits per heavy atom. The number of benzene rings is 2. The standard InChI is InChI=1S/C26H22ClN5O3/c1-31-13-12-28-25(31)24(17-8-10-20(34-2)11-9-17)29-26(33)21-16-22(23-7-4-14-35-23)32(30-21)19-6-3-5-18(27)15-19/h3-16,24H,1-2H3,(H,29,33). The van der Waals surface area contributed by atoms with E-state index in [1.165, 1.54) is 0 Å². The minimum atomic E-state index is -0.503. The minimum absolute atomic E-state index is 0.226. The van der Waals surface area contributed by atoms with Gasteiger partial charge >= 0.3 is 0 Å². The lowest BCUT2D eigenvalue weighted by molar-refractivity contribution is 0.0935. The molecule has 176 valence electrons. The summed E-state index contributed by atoms with van der Waals surface area (Å²) in [6.45, 7) is 0. The third kappa shape index (κ3) is 4.56. The summed E-state index contributed by atoms with van der Waals surface area (Å²) in [5.41, 5.74) is 2.41. The molecule has 0 fully saturated rings. The number of nitrogens with zero attached hydrogens (tertiary/aromatic N) is 4. The number of methoxy groups -OCH3 is 1. The van der Waals surface area contributed by atoms with Crippen LogP contribution in [0.2, 0.25) is 5.02 Å². The Hall–Kier alpha value is -4.30. The molecule has 1 unspecified atom stereocenters.